The van der Waals surface area contributed by atoms with Gasteiger partial charge in [0.25, 0.3) is 0 Å². The minimum atomic E-state index is 0.224. The molecule has 0 fully saturated rings. The van der Waals surface area contributed by atoms with Gasteiger partial charge in [-0.25, -0.2) is 0 Å². The first-order valence-electron chi connectivity index (χ1n) is 2.34. The summed E-state index contributed by atoms with van der Waals surface area (Å²) in [5.74, 6) is 5.20. The van der Waals surface area contributed by atoms with Crippen molar-refractivity contribution >= 4 is 0 Å². The molecule has 44 valence electrons. The van der Waals surface area contributed by atoms with E-state index in [0.717, 1.165) is 13.0 Å². The summed E-state index contributed by atoms with van der Waals surface area (Å²) in [7, 11) is 1.77. The van der Waals surface area contributed by atoms with Crippen LogP contribution in [0.15, 0.2) is 0 Å². The van der Waals surface area contributed by atoms with Gasteiger partial charge >= 0.3 is 0 Å². The lowest BCUT2D eigenvalue weighted by Crippen LogP contribution is -2.27. The lowest BCUT2D eigenvalue weighted by molar-refractivity contribution is 0.250. The summed E-state index contributed by atoms with van der Waals surface area (Å²) >= 11 is 0. The third-order valence-electron chi connectivity index (χ3n) is 0.669. The molecule has 0 radical (unpaired) electrons. The summed E-state index contributed by atoms with van der Waals surface area (Å²) < 4.78 is 0. The van der Waals surface area contributed by atoms with Gasteiger partial charge in [-0.15, -0.1) is 0 Å². The van der Waals surface area contributed by atoms with Crippen molar-refractivity contribution in [3.63, 3.8) is 0 Å². The molecule has 0 aromatic carbocycles. The zero-order chi connectivity index (χ0) is 5.70. The SMILES string of the molecule is CN(N)CCCO. The van der Waals surface area contributed by atoms with Crippen LogP contribution in [0.3, 0.4) is 0 Å². The molecule has 0 rings (SSSR count). The fraction of sp³-hybridized carbons (Fsp3) is 1.00. The summed E-state index contributed by atoms with van der Waals surface area (Å²) in [4.78, 5) is 0. The lowest BCUT2D eigenvalue weighted by Gasteiger charge is -2.05. The van der Waals surface area contributed by atoms with Gasteiger partial charge in [-0.2, -0.15) is 0 Å². The normalized spacial score (nSPS) is 10.3. The largest absolute Gasteiger partial charge is 0.396 e. The molecular weight excluding hydrogens is 92.1 g/mol. The molecule has 0 aromatic rings. The molecule has 0 spiro atoms. The van der Waals surface area contributed by atoms with Crippen molar-refractivity contribution in [1.82, 2.24) is 5.01 Å². The number of rotatable bonds is 3. The Labute approximate surface area is 43.7 Å². The van der Waals surface area contributed by atoms with Crippen molar-refractivity contribution in [2.45, 2.75) is 6.42 Å². The van der Waals surface area contributed by atoms with Gasteiger partial charge in [-0.3, -0.25) is 10.9 Å². The van der Waals surface area contributed by atoms with E-state index >= 15 is 0 Å². The van der Waals surface area contributed by atoms with Gasteiger partial charge in [-0.05, 0) is 6.42 Å². The van der Waals surface area contributed by atoms with Crippen molar-refractivity contribution in [3.8, 4) is 0 Å². The van der Waals surface area contributed by atoms with Crippen LogP contribution in [0.5, 0.6) is 0 Å². The predicted molar refractivity (Wildman–Crippen MR) is 28.5 cm³/mol. The lowest BCUT2D eigenvalue weighted by atomic mass is 10.4. The first-order chi connectivity index (χ1) is 3.27. The Morgan fingerprint density at radius 1 is 1.71 bits per heavy atom. The second-order valence-electron chi connectivity index (χ2n) is 1.56. The molecule has 3 nitrogen and oxygen atoms in total. The number of aliphatic hydroxyl groups is 1. The van der Waals surface area contributed by atoms with Gasteiger partial charge in [0.1, 0.15) is 0 Å². The Hall–Kier alpha value is -0.120. The molecule has 0 aliphatic heterocycles. The van der Waals surface area contributed by atoms with Crippen LogP contribution in [0.25, 0.3) is 0 Å². The second-order valence-corrected chi connectivity index (χ2v) is 1.56. The molecule has 0 heterocycles. The molecule has 0 bridgehead atoms. The third kappa shape index (κ3) is 5.88. The highest BCUT2D eigenvalue weighted by Gasteiger charge is 1.84. The van der Waals surface area contributed by atoms with E-state index in [4.69, 9.17) is 10.9 Å². The molecule has 0 amide bonds. The Bertz CT molecular complexity index is 38.7. The first kappa shape index (κ1) is 6.88. The molecule has 0 aliphatic carbocycles. The quantitative estimate of drug-likeness (QED) is 0.363. The van der Waals surface area contributed by atoms with Crippen molar-refractivity contribution in [3.05, 3.63) is 0 Å². The van der Waals surface area contributed by atoms with Crippen molar-refractivity contribution in [2.75, 3.05) is 20.2 Å². The monoisotopic (exact) mass is 104 g/mol. The van der Waals surface area contributed by atoms with Gasteiger partial charge in [0.05, 0.1) is 0 Å². The highest BCUT2D eigenvalue weighted by Crippen LogP contribution is 1.74. The van der Waals surface area contributed by atoms with Crippen LogP contribution in [0, 0.1) is 0 Å². The van der Waals surface area contributed by atoms with Crippen molar-refractivity contribution in [1.29, 1.82) is 0 Å². The molecule has 0 unspecified atom stereocenters. The van der Waals surface area contributed by atoms with E-state index in [1.165, 1.54) is 0 Å². The van der Waals surface area contributed by atoms with Gasteiger partial charge in [0.2, 0.25) is 0 Å². The van der Waals surface area contributed by atoms with E-state index in [1.807, 2.05) is 0 Å². The number of nitrogens with zero attached hydrogens (tertiary/aromatic N) is 1. The Morgan fingerprint density at radius 3 is 2.43 bits per heavy atom. The fourth-order valence-electron chi connectivity index (χ4n) is 0.320. The molecule has 0 aliphatic rings. The van der Waals surface area contributed by atoms with Crippen LogP contribution in [0.2, 0.25) is 0 Å². The average Bonchev–Trinajstić information content (AvgIpc) is 1.61. The number of hydrogen-bond acceptors (Lipinski definition) is 3. The summed E-state index contributed by atoms with van der Waals surface area (Å²) in [6, 6.07) is 0. The second kappa shape index (κ2) is 4.05. The van der Waals surface area contributed by atoms with Crippen LogP contribution in [0.4, 0.5) is 0 Å². The van der Waals surface area contributed by atoms with E-state index in [0.29, 0.717) is 0 Å². The molecule has 0 saturated carbocycles. The van der Waals surface area contributed by atoms with E-state index in [2.05, 4.69) is 0 Å². The number of hydrazine groups is 1. The Kier molecular flexibility index (Phi) is 3.98. The van der Waals surface area contributed by atoms with Gasteiger partial charge < -0.3 is 5.11 Å². The van der Waals surface area contributed by atoms with E-state index in [9.17, 15) is 0 Å². The Balaban J connectivity index is 2.68. The summed E-state index contributed by atoms with van der Waals surface area (Å²) in [5, 5.41) is 9.78. The Morgan fingerprint density at radius 2 is 2.29 bits per heavy atom. The van der Waals surface area contributed by atoms with E-state index in [-0.39, 0.29) is 6.61 Å². The standard InChI is InChI=1S/C4H12N2O/c1-6(5)3-2-4-7/h7H,2-5H2,1H3. The summed E-state index contributed by atoms with van der Waals surface area (Å²) in [5.41, 5.74) is 0. The molecule has 7 heavy (non-hydrogen) atoms. The summed E-state index contributed by atoms with van der Waals surface area (Å²) in [6.45, 7) is 0.984. The van der Waals surface area contributed by atoms with Gasteiger partial charge in [0, 0.05) is 20.2 Å². The van der Waals surface area contributed by atoms with Crippen LogP contribution in [0.1, 0.15) is 6.42 Å². The van der Waals surface area contributed by atoms with Gasteiger partial charge in [0.15, 0.2) is 0 Å². The number of aliphatic hydroxyl groups excluding tert-OH is 1. The predicted octanol–water partition coefficient (Wildman–Crippen LogP) is -0.826. The average molecular weight is 104 g/mol. The highest BCUT2D eigenvalue weighted by molar-refractivity contribution is 4.36. The molecule has 0 aromatic heterocycles. The zero-order valence-corrected chi connectivity index (χ0v) is 4.59. The highest BCUT2D eigenvalue weighted by atomic mass is 16.3. The van der Waals surface area contributed by atoms with Crippen LogP contribution < -0.4 is 5.84 Å². The maximum atomic E-state index is 8.23. The molecular formula is C4H12N2O. The third-order valence-corrected chi connectivity index (χ3v) is 0.669. The molecule has 0 atom stereocenters. The van der Waals surface area contributed by atoms with Gasteiger partial charge in [-0.1, -0.05) is 0 Å². The summed E-state index contributed by atoms with van der Waals surface area (Å²) in [6.07, 6.45) is 0.757. The first-order valence-corrected chi connectivity index (χ1v) is 2.34. The smallest absolute Gasteiger partial charge is 0.0443 e. The topological polar surface area (TPSA) is 49.5 Å². The molecule has 3 N–H and O–H groups in total. The van der Waals surface area contributed by atoms with Crippen molar-refractivity contribution in [2.24, 2.45) is 5.84 Å². The van der Waals surface area contributed by atoms with E-state index < -0.39 is 0 Å². The maximum Gasteiger partial charge on any atom is 0.0443 e. The fourth-order valence-corrected chi connectivity index (χ4v) is 0.320. The molecule has 3 heteroatoms. The minimum absolute atomic E-state index is 0.224. The number of nitrogens with two attached hydrogens (primary N) is 1. The maximum absolute atomic E-state index is 8.23. The van der Waals surface area contributed by atoms with E-state index in [1.54, 1.807) is 12.1 Å². The van der Waals surface area contributed by atoms with Crippen LogP contribution in [-0.4, -0.2) is 30.3 Å². The van der Waals surface area contributed by atoms with Crippen LogP contribution in [-0.2, 0) is 0 Å². The zero-order valence-electron chi connectivity index (χ0n) is 4.59. The van der Waals surface area contributed by atoms with Crippen molar-refractivity contribution < 1.29 is 5.11 Å². The minimum Gasteiger partial charge on any atom is -0.396 e. The number of hydrogen-bond donors (Lipinski definition) is 2. The molecule has 0 saturated heterocycles. The van der Waals surface area contributed by atoms with Crippen LogP contribution >= 0.6 is 0 Å².